The van der Waals surface area contributed by atoms with E-state index in [9.17, 15) is 24.3 Å². The zero-order chi connectivity index (χ0) is 25.3. The highest BCUT2D eigenvalue weighted by atomic mass is 35.5. The molecular formula is C25H17Cl2N3O5. The van der Waals surface area contributed by atoms with E-state index in [1.54, 1.807) is 43.3 Å². The number of carbonyl (C=O) groups excluding carboxylic acids is 3. The second-order valence-electron chi connectivity index (χ2n) is 7.57. The Kier molecular flexibility index (Phi) is 6.59. The molecule has 0 aromatic heterocycles. The fraction of sp³-hybridized carbons (Fsp3) is 0.0400. The van der Waals surface area contributed by atoms with Gasteiger partial charge in [-0.15, -0.1) is 0 Å². The van der Waals surface area contributed by atoms with E-state index in [2.05, 4.69) is 10.6 Å². The number of hydrogen-bond donors (Lipinski definition) is 3. The number of imide groups is 1. The lowest BCUT2D eigenvalue weighted by Gasteiger charge is -2.16. The maximum Gasteiger partial charge on any atom is 0.337 e. The van der Waals surface area contributed by atoms with E-state index in [4.69, 9.17) is 23.2 Å². The summed E-state index contributed by atoms with van der Waals surface area (Å²) in [6.07, 6.45) is 0. The molecule has 3 amide bonds. The first-order chi connectivity index (χ1) is 16.7. The highest BCUT2D eigenvalue weighted by molar-refractivity contribution is 6.53. The highest BCUT2D eigenvalue weighted by Gasteiger charge is 2.39. The second kappa shape index (κ2) is 9.61. The van der Waals surface area contributed by atoms with Crippen molar-refractivity contribution < 1.29 is 24.3 Å². The van der Waals surface area contributed by atoms with Crippen LogP contribution in [0.25, 0.3) is 0 Å². The number of aromatic carboxylic acids is 1. The summed E-state index contributed by atoms with van der Waals surface area (Å²) in [7, 11) is 0. The number of carbonyl (C=O) groups is 4. The highest BCUT2D eigenvalue weighted by Crippen LogP contribution is 2.32. The molecule has 0 saturated carbocycles. The van der Waals surface area contributed by atoms with E-state index in [1.807, 2.05) is 0 Å². The van der Waals surface area contributed by atoms with Crippen LogP contribution in [0.2, 0.25) is 5.02 Å². The minimum absolute atomic E-state index is 0.0550. The zero-order valence-corrected chi connectivity index (χ0v) is 19.6. The fourth-order valence-corrected chi connectivity index (χ4v) is 3.78. The summed E-state index contributed by atoms with van der Waals surface area (Å²) in [5.74, 6) is -3.09. The number of rotatable bonds is 6. The average molecular weight is 510 g/mol. The van der Waals surface area contributed by atoms with Gasteiger partial charge in [0, 0.05) is 16.3 Å². The molecule has 0 bridgehead atoms. The quantitative estimate of drug-likeness (QED) is 0.401. The van der Waals surface area contributed by atoms with Crippen molar-refractivity contribution in [2.75, 3.05) is 15.5 Å². The molecule has 0 saturated heterocycles. The summed E-state index contributed by atoms with van der Waals surface area (Å²) in [5.41, 5.74) is 1.50. The molecule has 3 aromatic carbocycles. The van der Waals surface area contributed by atoms with Crippen LogP contribution in [0.1, 0.15) is 26.3 Å². The lowest BCUT2D eigenvalue weighted by Crippen LogP contribution is -2.32. The fourth-order valence-electron chi connectivity index (χ4n) is 3.44. The number of carboxylic acid groups (broad SMARTS) is 1. The van der Waals surface area contributed by atoms with Crippen molar-refractivity contribution >= 4 is 64.0 Å². The van der Waals surface area contributed by atoms with E-state index in [0.29, 0.717) is 22.0 Å². The van der Waals surface area contributed by atoms with Crippen molar-refractivity contribution in [1.29, 1.82) is 0 Å². The molecule has 1 aliphatic rings. The molecule has 0 unspecified atom stereocenters. The third kappa shape index (κ3) is 4.75. The van der Waals surface area contributed by atoms with Crippen LogP contribution in [-0.4, -0.2) is 28.8 Å². The van der Waals surface area contributed by atoms with Gasteiger partial charge in [-0.05, 0) is 61.0 Å². The molecule has 8 nitrogen and oxygen atoms in total. The van der Waals surface area contributed by atoms with E-state index >= 15 is 0 Å². The number of benzene rings is 3. The van der Waals surface area contributed by atoms with Gasteiger partial charge in [-0.1, -0.05) is 41.4 Å². The molecule has 0 radical (unpaired) electrons. The average Bonchev–Trinajstić information content (AvgIpc) is 3.04. The molecule has 1 heterocycles. The van der Waals surface area contributed by atoms with Gasteiger partial charge in [-0.2, -0.15) is 0 Å². The number of hydrogen-bond acceptors (Lipinski definition) is 5. The first kappa shape index (κ1) is 24.0. The minimum Gasteiger partial charge on any atom is -0.478 e. The maximum absolute atomic E-state index is 13.0. The number of aryl methyl sites for hydroxylation is 1. The maximum atomic E-state index is 13.0. The smallest absolute Gasteiger partial charge is 0.337 e. The van der Waals surface area contributed by atoms with Gasteiger partial charge < -0.3 is 15.7 Å². The van der Waals surface area contributed by atoms with Gasteiger partial charge in [0.1, 0.15) is 10.7 Å². The molecule has 10 heteroatoms. The van der Waals surface area contributed by atoms with Crippen LogP contribution in [0.15, 0.2) is 77.5 Å². The first-order valence-corrected chi connectivity index (χ1v) is 11.0. The molecule has 3 aromatic rings. The largest absolute Gasteiger partial charge is 0.478 e. The van der Waals surface area contributed by atoms with Crippen molar-refractivity contribution in [1.82, 2.24) is 0 Å². The SMILES string of the molecule is Cc1ccc(C(=O)Nc2ccccc2C(=O)O)cc1NC1=C(Cl)C(=O)N(c2ccc(Cl)cc2)C1=O. The predicted molar refractivity (Wildman–Crippen MR) is 133 cm³/mol. The molecule has 0 fully saturated rings. The Balaban J connectivity index is 1.59. The molecular weight excluding hydrogens is 493 g/mol. The lowest BCUT2D eigenvalue weighted by molar-refractivity contribution is -0.120. The number of para-hydroxylation sites is 1. The number of nitrogens with zero attached hydrogens (tertiary/aromatic N) is 1. The Morgan fingerprint density at radius 2 is 1.57 bits per heavy atom. The number of halogens is 2. The van der Waals surface area contributed by atoms with Gasteiger partial charge in [0.05, 0.1) is 16.9 Å². The molecule has 0 aliphatic carbocycles. The molecule has 35 heavy (non-hydrogen) atoms. The molecule has 0 spiro atoms. The summed E-state index contributed by atoms with van der Waals surface area (Å²) in [4.78, 5) is 50.9. The van der Waals surface area contributed by atoms with Gasteiger partial charge in [0.25, 0.3) is 17.7 Å². The molecule has 4 rings (SSSR count). The van der Waals surface area contributed by atoms with Crippen LogP contribution in [0.5, 0.6) is 0 Å². The summed E-state index contributed by atoms with van der Waals surface area (Å²) < 4.78 is 0. The number of carboxylic acids is 1. The Bertz CT molecular complexity index is 1420. The summed E-state index contributed by atoms with van der Waals surface area (Å²) in [5, 5.41) is 14.9. The standard InChI is InChI=1S/C25H17Cl2N3O5/c1-13-6-7-14(22(31)29-18-5-3-2-4-17(18)25(34)35)12-19(13)28-21-20(27)23(32)30(24(21)33)16-10-8-15(26)9-11-16/h2-12,28H,1H3,(H,29,31)(H,34,35). The van der Waals surface area contributed by atoms with Gasteiger partial charge in [-0.25, -0.2) is 9.69 Å². The van der Waals surface area contributed by atoms with Gasteiger partial charge in [0.2, 0.25) is 0 Å². The summed E-state index contributed by atoms with van der Waals surface area (Å²) >= 11 is 12.1. The van der Waals surface area contributed by atoms with Crippen molar-refractivity contribution in [2.24, 2.45) is 0 Å². The summed E-state index contributed by atoms with van der Waals surface area (Å²) in [6, 6.07) is 16.8. The lowest BCUT2D eigenvalue weighted by atomic mass is 10.1. The van der Waals surface area contributed by atoms with Crippen LogP contribution in [-0.2, 0) is 9.59 Å². The topological polar surface area (TPSA) is 116 Å². The third-order valence-corrected chi connectivity index (χ3v) is 5.88. The Morgan fingerprint density at radius 1 is 0.886 bits per heavy atom. The normalized spacial score (nSPS) is 13.3. The molecule has 176 valence electrons. The van der Waals surface area contributed by atoms with Gasteiger partial charge in [-0.3, -0.25) is 14.4 Å². The Morgan fingerprint density at radius 3 is 2.26 bits per heavy atom. The first-order valence-electron chi connectivity index (χ1n) is 10.2. The Hall–Kier alpha value is -4.14. The van der Waals surface area contributed by atoms with Crippen LogP contribution < -0.4 is 15.5 Å². The number of nitrogens with one attached hydrogen (secondary N) is 2. The van der Waals surface area contributed by atoms with Crippen molar-refractivity contribution in [3.8, 4) is 0 Å². The summed E-state index contributed by atoms with van der Waals surface area (Å²) in [6.45, 7) is 1.75. The van der Waals surface area contributed by atoms with E-state index in [0.717, 1.165) is 4.90 Å². The van der Waals surface area contributed by atoms with Gasteiger partial charge >= 0.3 is 5.97 Å². The zero-order valence-electron chi connectivity index (χ0n) is 18.1. The van der Waals surface area contributed by atoms with Crippen molar-refractivity contribution in [2.45, 2.75) is 6.92 Å². The monoisotopic (exact) mass is 509 g/mol. The number of anilines is 3. The van der Waals surface area contributed by atoms with E-state index < -0.39 is 23.7 Å². The van der Waals surface area contributed by atoms with E-state index in [-0.39, 0.29) is 27.5 Å². The predicted octanol–water partition coefficient (Wildman–Crippen LogP) is 5.03. The van der Waals surface area contributed by atoms with Crippen molar-refractivity contribution in [3.63, 3.8) is 0 Å². The molecule has 3 N–H and O–H groups in total. The Labute approximate surface area is 209 Å². The van der Waals surface area contributed by atoms with Crippen LogP contribution in [0, 0.1) is 6.92 Å². The molecule has 1 aliphatic heterocycles. The van der Waals surface area contributed by atoms with Crippen LogP contribution in [0.3, 0.4) is 0 Å². The number of amides is 3. The van der Waals surface area contributed by atoms with Crippen LogP contribution in [0.4, 0.5) is 17.1 Å². The van der Waals surface area contributed by atoms with Crippen LogP contribution >= 0.6 is 23.2 Å². The second-order valence-corrected chi connectivity index (χ2v) is 8.39. The van der Waals surface area contributed by atoms with E-state index in [1.165, 1.54) is 30.3 Å². The van der Waals surface area contributed by atoms with Gasteiger partial charge in [0.15, 0.2) is 0 Å². The minimum atomic E-state index is -1.18. The van der Waals surface area contributed by atoms with Crippen molar-refractivity contribution in [3.05, 3.63) is 99.2 Å². The molecule has 0 atom stereocenters. The third-order valence-electron chi connectivity index (χ3n) is 5.28.